The maximum atomic E-state index is 13.0. The van der Waals surface area contributed by atoms with Gasteiger partial charge in [-0.2, -0.15) is 13.2 Å². The van der Waals surface area contributed by atoms with E-state index in [1.165, 1.54) is 31.2 Å². The van der Waals surface area contributed by atoms with Gasteiger partial charge in [-0.3, -0.25) is 14.4 Å². The highest BCUT2D eigenvalue weighted by molar-refractivity contribution is 5.97. The Morgan fingerprint density at radius 2 is 1.55 bits per heavy atom. The second kappa shape index (κ2) is 9.33. The van der Waals surface area contributed by atoms with Gasteiger partial charge in [0.05, 0.1) is 18.3 Å². The zero-order chi connectivity index (χ0) is 21.6. The van der Waals surface area contributed by atoms with E-state index in [4.69, 9.17) is 0 Å². The third kappa shape index (κ3) is 6.72. The number of anilines is 2. The maximum absolute atomic E-state index is 13.0. The van der Waals surface area contributed by atoms with Gasteiger partial charge in [0.25, 0.3) is 11.8 Å². The Morgan fingerprint density at radius 1 is 0.931 bits per heavy atom. The van der Waals surface area contributed by atoms with E-state index in [1.54, 1.807) is 25.2 Å². The molecule has 0 aliphatic rings. The van der Waals surface area contributed by atoms with Crippen LogP contribution in [-0.2, 0) is 15.8 Å². The van der Waals surface area contributed by atoms with Gasteiger partial charge in [0.1, 0.15) is 0 Å². The summed E-state index contributed by atoms with van der Waals surface area (Å²) in [6.07, 6.45) is -4.59. The van der Waals surface area contributed by atoms with Crippen LogP contribution in [0.4, 0.5) is 24.5 Å². The smallest absolute Gasteiger partial charge is 0.322 e. The van der Waals surface area contributed by atoms with Gasteiger partial charge in [-0.05, 0) is 31.2 Å². The number of likely N-dealkylation sites (N-methyl/N-ethyl adjacent to an activating group) is 1. The number of rotatable bonds is 7. The standard InChI is InChI=1S/C20H20F3N3O3/c1-13(27)14-6-5-7-15(10-14)24-18(28)11-26(2)12-19(29)25-17-9-4-3-8-16(17)20(21,22)23/h3-10H,11-12H2,1-2H3,(H,24,28)(H,25,29)/p+1. The van der Waals surface area contributed by atoms with Crippen molar-refractivity contribution in [1.29, 1.82) is 0 Å². The van der Waals surface area contributed by atoms with Crippen LogP contribution in [0.5, 0.6) is 0 Å². The number of para-hydroxylation sites is 1. The Balaban J connectivity index is 1.91. The molecule has 0 spiro atoms. The molecule has 0 saturated heterocycles. The quantitative estimate of drug-likeness (QED) is 0.613. The van der Waals surface area contributed by atoms with Gasteiger partial charge in [0.15, 0.2) is 18.9 Å². The number of halogens is 3. The van der Waals surface area contributed by atoms with Crippen molar-refractivity contribution in [3.8, 4) is 0 Å². The molecular formula is C20H21F3N3O3+. The van der Waals surface area contributed by atoms with Crippen LogP contribution in [0.1, 0.15) is 22.8 Å². The van der Waals surface area contributed by atoms with Crippen LogP contribution in [-0.4, -0.2) is 37.7 Å². The molecule has 2 aromatic carbocycles. The predicted molar refractivity (Wildman–Crippen MR) is 102 cm³/mol. The number of carbonyl (C=O) groups excluding carboxylic acids is 3. The van der Waals surface area contributed by atoms with Crippen LogP contribution < -0.4 is 15.5 Å². The predicted octanol–water partition coefficient (Wildman–Crippen LogP) is 2.00. The minimum Gasteiger partial charge on any atom is -0.322 e. The third-order valence-corrected chi connectivity index (χ3v) is 3.98. The van der Waals surface area contributed by atoms with Crippen molar-refractivity contribution in [2.75, 3.05) is 30.8 Å². The Labute approximate surface area is 165 Å². The lowest BCUT2D eigenvalue weighted by atomic mass is 10.1. The van der Waals surface area contributed by atoms with E-state index in [0.29, 0.717) is 16.2 Å². The first-order valence-corrected chi connectivity index (χ1v) is 8.74. The lowest BCUT2D eigenvalue weighted by Gasteiger charge is -2.16. The van der Waals surface area contributed by atoms with E-state index >= 15 is 0 Å². The van der Waals surface area contributed by atoms with Gasteiger partial charge in [0, 0.05) is 11.3 Å². The molecule has 0 aliphatic heterocycles. The van der Waals surface area contributed by atoms with Gasteiger partial charge < -0.3 is 15.5 Å². The number of benzene rings is 2. The molecule has 0 heterocycles. The molecule has 0 aliphatic carbocycles. The fourth-order valence-electron chi connectivity index (χ4n) is 2.67. The first kappa shape index (κ1) is 22.1. The molecule has 1 unspecified atom stereocenters. The van der Waals surface area contributed by atoms with Gasteiger partial charge >= 0.3 is 6.18 Å². The average Bonchev–Trinajstić information content (AvgIpc) is 2.60. The molecule has 2 rings (SSSR count). The molecule has 0 aromatic heterocycles. The molecule has 9 heteroatoms. The Bertz CT molecular complexity index is 913. The molecule has 3 N–H and O–H groups in total. The van der Waals surface area contributed by atoms with Crippen LogP contribution in [0.25, 0.3) is 0 Å². The minimum absolute atomic E-state index is 0.0847. The van der Waals surface area contributed by atoms with E-state index in [1.807, 2.05) is 0 Å². The summed E-state index contributed by atoms with van der Waals surface area (Å²) in [5, 5.41) is 4.87. The van der Waals surface area contributed by atoms with Crippen molar-refractivity contribution < 1.29 is 32.5 Å². The summed E-state index contributed by atoms with van der Waals surface area (Å²) in [6, 6.07) is 11.1. The van der Waals surface area contributed by atoms with Crippen LogP contribution in [0, 0.1) is 0 Å². The van der Waals surface area contributed by atoms with Gasteiger partial charge in [-0.15, -0.1) is 0 Å². The number of ketones is 1. The van der Waals surface area contributed by atoms with Crippen molar-refractivity contribution in [2.45, 2.75) is 13.1 Å². The van der Waals surface area contributed by atoms with E-state index in [0.717, 1.165) is 6.07 Å². The largest absolute Gasteiger partial charge is 0.418 e. The van der Waals surface area contributed by atoms with E-state index in [9.17, 15) is 27.6 Å². The summed E-state index contributed by atoms with van der Waals surface area (Å²) in [6.45, 7) is 1.13. The van der Waals surface area contributed by atoms with Crippen molar-refractivity contribution in [3.05, 3.63) is 59.7 Å². The lowest BCUT2D eigenvalue weighted by Crippen LogP contribution is -3.11. The number of carbonyl (C=O) groups is 3. The minimum atomic E-state index is -4.59. The van der Waals surface area contributed by atoms with E-state index < -0.39 is 23.6 Å². The highest BCUT2D eigenvalue weighted by atomic mass is 19.4. The SMILES string of the molecule is CC(=O)c1cccc(NC(=O)C[NH+](C)CC(=O)Nc2ccccc2C(F)(F)F)c1. The molecule has 2 amide bonds. The molecular weight excluding hydrogens is 387 g/mol. The average molecular weight is 408 g/mol. The van der Waals surface area contributed by atoms with Crippen molar-refractivity contribution >= 4 is 29.0 Å². The second-order valence-corrected chi connectivity index (χ2v) is 6.59. The number of amides is 2. The van der Waals surface area contributed by atoms with E-state index in [2.05, 4.69) is 10.6 Å². The molecule has 0 bridgehead atoms. The first-order chi connectivity index (χ1) is 13.6. The second-order valence-electron chi connectivity index (χ2n) is 6.59. The molecule has 1 atom stereocenters. The normalized spacial score (nSPS) is 12.2. The molecule has 29 heavy (non-hydrogen) atoms. The molecule has 0 saturated carbocycles. The zero-order valence-corrected chi connectivity index (χ0v) is 15.9. The summed E-state index contributed by atoms with van der Waals surface area (Å²) >= 11 is 0. The Morgan fingerprint density at radius 3 is 2.17 bits per heavy atom. The number of nitrogens with one attached hydrogen (secondary N) is 3. The molecule has 2 aromatic rings. The lowest BCUT2D eigenvalue weighted by molar-refractivity contribution is -0.862. The Hall–Kier alpha value is -3.20. The number of Topliss-reactive ketones (excluding diaryl/α,β-unsaturated/α-hetero) is 1. The van der Waals surface area contributed by atoms with Crippen LogP contribution >= 0.6 is 0 Å². The van der Waals surface area contributed by atoms with Crippen molar-refractivity contribution in [2.24, 2.45) is 0 Å². The summed E-state index contributed by atoms with van der Waals surface area (Å²) in [4.78, 5) is 36.1. The van der Waals surface area contributed by atoms with Gasteiger partial charge in [0.2, 0.25) is 0 Å². The Kier molecular flexibility index (Phi) is 7.11. The number of alkyl halides is 3. The fourth-order valence-corrected chi connectivity index (χ4v) is 2.67. The summed E-state index contributed by atoms with van der Waals surface area (Å²) < 4.78 is 39.0. The summed E-state index contributed by atoms with van der Waals surface area (Å²) in [5.41, 5.74) is -0.373. The van der Waals surface area contributed by atoms with Crippen LogP contribution in [0.2, 0.25) is 0 Å². The zero-order valence-electron chi connectivity index (χ0n) is 15.9. The highest BCUT2D eigenvalue weighted by Crippen LogP contribution is 2.34. The van der Waals surface area contributed by atoms with Gasteiger partial charge in [-0.25, -0.2) is 0 Å². The first-order valence-electron chi connectivity index (χ1n) is 8.74. The van der Waals surface area contributed by atoms with Gasteiger partial charge in [-0.1, -0.05) is 24.3 Å². The molecule has 154 valence electrons. The number of hydrogen-bond donors (Lipinski definition) is 3. The van der Waals surface area contributed by atoms with Crippen molar-refractivity contribution in [1.82, 2.24) is 0 Å². The third-order valence-electron chi connectivity index (χ3n) is 3.98. The monoisotopic (exact) mass is 408 g/mol. The van der Waals surface area contributed by atoms with Crippen molar-refractivity contribution in [3.63, 3.8) is 0 Å². The van der Waals surface area contributed by atoms with Crippen LogP contribution in [0.15, 0.2) is 48.5 Å². The number of hydrogen-bond acceptors (Lipinski definition) is 3. The molecule has 0 fully saturated rings. The highest BCUT2D eigenvalue weighted by Gasteiger charge is 2.33. The fraction of sp³-hybridized carbons (Fsp3) is 0.250. The van der Waals surface area contributed by atoms with Crippen LogP contribution in [0.3, 0.4) is 0 Å². The topological polar surface area (TPSA) is 79.7 Å². The number of quaternary nitrogens is 1. The summed E-state index contributed by atoms with van der Waals surface area (Å²) in [5.74, 6) is -1.18. The molecule has 0 radical (unpaired) electrons. The molecule has 6 nitrogen and oxygen atoms in total. The summed E-state index contributed by atoms with van der Waals surface area (Å²) in [7, 11) is 1.57. The van der Waals surface area contributed by atoms with E-state index in [-0.39, 0.29) is 24.6 Å². The maximum Gasteiger partial charge on any atom is 0.418 e.